The molecule has 2 fully saturated rings. The van der Waals surface area contributed by atoms with Crippen molar-refractivity contribution in [1.29, 1.82) is 0 Å². The number of anilines is 4. The summed E-state index contributed by atoms with van der Waals surface area (Å²) in [4.78, 5) is 36.1. The van der Waals surface area contributed by atoms with Gasteiger partial charge >= 0.3 is 0 Å². The van der Waals surface area contributed by atoms with E-state index < -0.39 is 18.6 Å². The minimum Gasteiger partial charge on any atom is -0.474 e. The van der Waals surface area contributed by atoms with Crippen LogP contribution in [0.15, 0.2) is 85.2 Å². The van der Waals surface area contributed by atoms with E-state index in [0.29, 0.717) is 11.1 Å². The van der Waals surface area contributed by atoms with E-state index in [2.05, 4.69) is 42.5 Å². The minimum atomic E-state index is -1.02. The Kier molecular flexibility index (Phi) is 10.0. The fourth-order valence-corrected chi connectivity index (χ4v) is 7.82. The van der Waals surface area contributed by atoms with Crippen LogP contribution < -0.4 is 25.2 Å². The van der Waals surface area contributed by atoms with E-state index >= 15 is 0 Å². The molecule has 9 rings (SSSR count). The van der Waals surface area contributed by atoms with Gasteiger partial charge in [-0.05, 0) is 67.3 Å². The van der Waals surface area contributed by atoms with Crippen molar-refractivity contribution in [1.82, 2.24) is 19.9 Å². The molecule has 0 aliphatic carbocycles. The summed E-state index contributed by atoms with van der Waals surface area (Å²) in [5, 5.41) is 26.2. The van der Waals surface area contributed by atoms with Crippen LogP contribution in [0.4, 0.5) is 23.0 Å². The molecule has 272 valence electrons. The van der Waals surface area contributed by atoms with Crippen LogP contribution in [0.25, 0.3) is 22.5 Å². The standard InChI is InChI=1S/C24H24ClN5O4.C15H14ClN3/c25-16-3-1-2-14(8-16)18-4-5-19-23(27-18)22(15-6-7-30(19)11-15)24(33)29-20-9-26-10-21(28-20)34-13-17(32)12-31;16-11-3-1-2-10(8-11)13-4-5-14-15(18-13)17-12-6-7-19(14)9-12/h1-5,8-10,15,17,22,31-32H,6-7,11-13H2,(H,28,29,33);1-5,8,12H,6-7,9H2,(H,17,18)/t15-,17?,22?;12-/m00/s1. The lowest BCUT2D eigenvalue weighted by Gasteiger charge is -2.32. The fourth-order valence-electron chi connectivity index (χ4n) is 7.44. The van der Waals surface area contributed by atoms with Gasteiger partial charge in [0.15, 0.2) is 11.6 Å². The molecular formula is C39H38Cl2N8O4. The average molecular weight is 754 g/mol. The number of aliphatic hydroxyl groups excluding tert-OH is 2. The number of nitrogens with one attached hydrogen (secondary N) is 2. The Balaban J connectivity index is 0.000000176. The molecule has 1 amide bonds. The van der Waals surface area contributed by atoms with Crippen LogP contribution >= 0.6 is 23.2 Å². The summed E-state index contributed by atoms with van der Waals surface area (Å²) < 4.78 is 5.34. The Labute approximate surface area is 316 Å². The van der Waals surface area contributed by atoms with Crippen molar-refractivity contribution in [2.24, 2.45) is 5.92 Å². The van der Waals surface area contributed by atoms with Crippen molar-refractivity contribution in [2.45, 2.75) is 30.9 Å². The lowest BCUT2D eigenvalue weighted by atomic mass is 9.84. The number of aromatic nitrogens is 4. The van der Waals surface area contributed by atoms with Crippen molar-refractivity contribution in [3.8, 4) is 28.4 Å². The average Bonchev–Trinajstić information content (AvgIpc) is 3.78. The third kappa shape index (κ3) is 7.58. The Morgan fingerprint density at radius 2 is 1.58 bits per heavy atom. The molecular weight excluding hydrogens is 715 g/mol. The number of pyridine rings is 2. The van der Waals surface area contributed by atoms with Gasteiger partial charge in [-0.2, -0.15) is 4.98 Å². The maximum atomic E-state index is 13.5. The van der Waals surface area contributed by atoms with Crippen LogP contribution in [0.5, 0.6) is 5.88 Å². The Hall–Kier alpha value is -5.01. The van der Waals surface area contributed by atoms with Crippen LogP contribution in [0.2, 0.25) is 10.0 Å². The lowest BCUT2D eigenvalue weighted by Crippen LogP contribution is -2.36. The first kappa shape index (κ1) is 35.0. The number of fused-ring (bicyclic) bond motifs is 8. The number of nitrogens with zero attached hydrogens (tertiary/aromatic N) is 6. The molecule has 4 N–H and O–H groups in total. The molecule has 53 heavy (non-hydrogen) atoms. The second-order valence-electron chi connectivity index (χ2n) is 13.6. The number of carbonyl (C=O) groups excluding carboxylic acids is 1. The van der Waals surface area contributed by atoms with Gasteiger partial charge < -0.3 is 35.4 Å². The normalized spacial score (nSPS) is 19.7. The molecule has 4 atom stereocenters. The SMILES string of the molecule is Clc1cccc(-c2ccc3c(n2)N[C@H]2CCN3C2)c1.O=C(Nc1cncc(OCC(O)CO)n1)C1c2nc(-c3cccc(Cl)c3)ccc2N2CC[C@H]1C2. The highest BCUT2D eigenvalue weighted by molar-refractivity contribution is 6.31. The molecule has 7 heterocycles. The Morgan fingerprint density at radius 3 is 2.32 bits per heavy atom. The van der Waals surface area contributed by atoms with Crippen LogP contribution in [0.3, 0.4) is 0 Å². The zero-order valence-corrected chi connectivity index (χ0v) is 30.2. The van der Waals surface area contributed by atoms with Crippen molar-refractivity contribution in [3.05, 3.63) is 101 Å². The zero-order chi connectivity index (χ0) is 36.5. The highest BCUT2D eigenvalue weighted by atomic mass is 35.5. The summed E-state index contributed by atoms with van der Waals surface area (Å²) in [6.45, 7) is 3.36. The first-order valence-electron chi connectivity index (χ1n) is 17.7. The van der Waals surface area contributed by atoms with Crippen LogP contribution in [-0.2, 0) is 4.79 Å². The molecule has 2 saturated heterocycles. The molecule has 14 heteroatoms. The van der Waals surface area contributed by atoms with Gasteiger partial charge in [0.1, 0.15) is 12.7 Å². The van der Waals surface area contributed by atoms with Gasteiger partial charge in [-0.15, -0.1) is 0 Å². The van der Waals surface area contributed by atoms with Gasteiger partial charge in [-0.3, -0.25) is 9.78 Å². The summed E-state index contributed by atoms with van der Waals surface area (Å²) in [7, 11) is 0. The summed E-state index contributed by atoms with van der Waals surface area (Å²) in [6.07, 6.45) is 3.89. The predicted octanol–water partition coefficient (Wildman–Crippen LogP) is 5.89. The number of benzene rings is 2. The first-order chi connectivity index (χ1) is 25.8. The second kappa shape index (κ2) is 15.2. The number of ether oxygens (including phenoxy) is 1. The van der Waals surface area contributed by atoms with E-state index in [-0.39, 0.29) is 30.1 Å². The quantitative estimate of drug-likeness (QED) is 0.150. The second-order valence-corrected chi connectivity index (χ2v) is 14.5. The van der Waals surface area contributed by atoms with Crippen molar-refractivity contribution < 1.29 is 19.7 Å². The molecule has 4 aliphatic rings. The number of hydrogen-bond donors (Lipinski definition) is 4. The molecule has 5 aromatic rings. The van der Waals surface area contributed by atoms with Gasteiger partial charge in [-0.1, -0.05) is 47.5 Å². The molecule has 3 aromatic heterocycles. The topological polar surface area (TPSA) is 149 Å². The van der Waals surface area contributed by atoms with Crippen molar-refractivity contribution in [3.63, 3.8) is 0 Å². The van der Waals surface area contributed by atoms with Gasteiger partial charge in [0, 0.05) is 53.4 Å². The molecule has 0 radical (unpaired) electrons. The van der Waals surface area contributed by atoms with E-state index in [1.807, 2.05) is 60.7 Å². The molecule has 4 bridgehead atoms. The highest BCUT2D eigenvalue weighted by Gasteiger charge is 2.43. The van der Waals surface area contributed by atoms with Crippen LogP contribution in [-0.4, -0.2) is 87.6 Å². The summed E-state index contributed by atoms with van der Waals surface area (Å²) in [5.74, 6) is 0.894. The summed E-state index contributed by atoms with van der Waals surface area (Å²) in [5.41, 5.74) is 6.62. The predicted molar refractivity (Wildman–Crippen MR) is 206 cm³/mol. The van der Waals surface area contributed by atoms with Gasteiger partial charge in [0.2, 0.25) is 11.8 Å². The van der Waals surface area contributed by atoms with Crippen molar-refractivity contribution in [2.75, 3.05) is 59.8 Å². The number of halogens is 2. The zero-order valence-electron chi connectivity index (χ0n) is 28.7. The number of aliphatic hydroxyl groups is 2. The maximum absolute atomic E-state index is 13.5. The number of hydrogen-bond acceptors (Lipinski definition) is 11. The van der Waals surface area contributed by atoms with Gasteiger partial charge in [-0.25, -0.2) is 9.97 Å². The van der Waals surface area contributed by atoms with E-state index in [1.165, 1.54) is 24.5 Å². The number of amides is 1. The third-order valence-corrected chi connectivity index (χ3v) is 10.5. The van der Waals surface area contributed by atoms with E-state index in [1.54, 1.807) is 0 Å². The van der Waals surface area contributed by atoms with Gasteiger partial charge in [0.05, 0.1) is 53.4 Å². The number of rotatable bonds is 8. The first-order valence-corrected chi connectivity index (χ1v) is 18.4. The lowest BCUT2D eigenvalue weighted by molar-refractivity contribution is -0.118. The smallest absolute Gasteiger partial charge is 0.235 e. The summed E-state index contributed by atoms with van der Waals surface area (Å²) >= 11 is 12.2. The highest BCUT2D eigenvalue weighted by Crippen LogP contribution is 2.44. The van der Waals surface area contributed by atoms with Crippen LogP contribution in [0.1, 0.15) is 24.5 Å². The molecule has 0 spiro atoms. The Morgan fingerprint density at radius 1 is 0.887 bits per heavy atom. The molecule has 0 saturated carbocycles. The number of carbonyl (C=O) groups is 1. The summed E-state index contributed by atoms with van der Waals surface area (Å²) in [6, 6.07) is 24.1. The monoisotopic (exact) mass is 752 g/mol. The van der Waals surface area contributed by atoms with E-state index in [9.17, 15) is 9.90 Å². The van der Waals surface area contributed by atoms with Crippen LogP contribution in [0, 0.1) is 5.92 Å². The minimum absolute atomic E-state index is 0.132. The van der Waals surface area contributed by atoms with Crippen molar-refractivity contribution >= 4 is 52.1 Å². The molecule has 2 unspecified atom stereocenters. The molecule has 2 aromatic carbocycles. The van der Waals surface area contributed by atoms with Gasteiger partial charge in [0.25, 0.3) is 0 Å². The molecule has 12 nitrogen and oxygen atoms in total. The van der Waals surface area contributed by atoms with E-state index in [0.717, 1.165) is 77.3 Å². The van der Waals surface area contributed by atoms with E-state index in [4.69, 9.17) is 43.0 Å². The maximum Gasteiger partial charge on any atom is 0.235 e. The molecule has 4 aliphatic heterocycles. The third-order valence-electron chi connectivity index (χ3n) is 10.00. The Bertz CT molecular complexity index is 2140. The fraction of sp³-hybridized carbons (Fsp3) is 0.308. The largest absolute Gasteiger partial charge is 0.474 e.